The van der Waals surface area contributed by atoms with E-state index in [1.54, 1.807) is 24.3 Å². The molecule has 0 saturated heterocycles. The van der Waals surface area contributed by atoms with Crippen LogP contribution >= 0.6 is 34.8 Å². The van der Waals surface area contributed by atoms with Gasteiger partial charge in [0, 0.05) is 5.56 Å². The first-order valence-electron chi connectivity index (χ1n) is 9.29. The zero-order valence-electron chi connectivity index (χ0n) is 17.3. The maximum absolute atomic E-state index is 8.30. The molecule has 0 aliphatic heterocycles. The molecule has 6 nitrogen and oxygen atoms in total. The van der Waals surface area contributed by atoms with Crippen LogP contribution in [0.25, 0.3) is 11.3 Å². The quantitative estimate of drug-likeness (QED) is 0.368. The van der Waals surface area contributed by atoms with E-state index >= 15 is 0 Å². The van der Waals surface area contributed by atoms with Crippen LogP contribution in [0.4, 0.5) is 0 Å². The molecule has 2 heterocycles. The van der Waals surface area contributed by atoms with Crippen molar-refractivity contribution in [3.8, 4) is 17.0 Å². The van der Waals surface area contributed by atoms with Crippen molar-refractivity contribution in [2.24, 2.45) is 0 Å². The van der Waals surface area contributed by atoms with E-state index in [2.05, 4.69) is 20.4 Å². The Balaban J connectivity index is 0.000000178. The van der Waals surface area contributed by atoms with Crippen LogP contribution in [0.5, 0.6) is 5.75 Å². The molecule has 4 aromatic rings. The molecule has 10 heteroatoms. The van der Waals surface area contributed by atoms with Gasteiger partial charge in [-0.15, -0.1) is 20.4 Å². The second kappa shape index (κ2) is 13.7. The van der Waals surface area contributed by atoms with Crippen LogP contribution in [0.1, 0.15) is 11.1 Å². The summed E-state index contributed by atoms with van der Waals surface area (Å²) in [5.41, 5.74) is 4.14. The summed E-state index contributed by atoms with van der Waals surface area (Å²) < 4.78 is 4.77. The molecule has 0 unspecified atom stereocenters. The highest BCUT2D eigenvalue weighted by atomic mass is 35.5. The van der Waals surface area contributed by atoms with Crippen molar-refractivity contribution in [1.82, 2.24) is 20.4 Å². The molecule has 0 aliphatic carbocycles. The fourth-order valence-corrected chi connectivity index (χ4v) is 2.67. The minimum Gasteiger partial charge on any atom is -0.537 e. The molecule has 0 spiro atoms. The number of benzene rings is 2. The van der Waals surface area contributed by atoms with Crippen molar-refractivity contribution in [2.75, 3.05) is 0 Å². The smallest absolute Gasteiger partial charge is 0.537 e. The highest BCUT2D eigenvalue weighted by Gasteiger charge is 2.02. The monoisotopic (exact) mass is 487 g/mol. The number of aromatic nitrogens is 4. The van der Waals surface area contributed by atoms with Gasteiger partial charge in [-0.1, -0.05) is 77.3 Å². The van der Waals surface area contributed by atoms with E-state index in [0.717, 1.165) is 16.8 Å². The molecule has 163 valence electrons. The van der Waals surface area contributed by atoms with Gasteiger partial charge in [-0.3, -0.25) is 0 Å². The van der Waals surface area contributed by atoms with Gasteiger partial charge in [-0.25, -0.2) is 0 Å². The second-order valence-electron chi connectivity index (χ2n) is 6.22. The third-order valence-corrected chi connectivity index (χ3v) is 4.53. The van der Waals surface area contributed by atoms with Crippen molar-refractivity contribution >= 4 is 42.5 Å². The first-order chi connectivity index (χ1) is 15.4. The number of aryl methyl sites for hydroxylation is 2. The van der Waals surface area contributed by atoms with E-state index in [1.165, 1.54) is 5.56 Å². The van der Waals surface area contributed by atoms with Crippen LogP contribution < -0.4 is 4.65 Å². The average Bonchev–Trinajstić information content (AvgIpc) is 2.80. The number of nitrogens with zero attached hydrogens (tertiary/aromatic N) is 4. The minimum atomic E-state index is 0.356. The van der Waals surface area contributed by atoms with Gasteiger partial charge in [0.2, 0.25) is 0 Å². The highest BCUT2D eigenvalue weighted by molar-refractivity contribution is 6.31. The molecule has 0 aliphatic rings. The van der Waals surface area contributed by atoms with E-state index in [4.69, 9.17) is 44.5 Å². The lowest BCUT2D eigenvalue weighted by molar-refractivity contribution is 0.452. The molecule has 1 N–H and O–H groups in total. The van der Waals surface area contributed by atoms with Gasteiger partial charge in [0.1, 0.15) is 5.75 Å². The fourth-order valence-electron chi connectivity index (χ4n) is 2.37. The summed E-state index contributed by atoms with van der Waals surface area (Å²) in [6.07, 6.45) is 0. The largest absolute Gasteiger partial charge is 0.569 e. The van der Waals surface area contributed by atoms with Crippen molar-refractivity contribution in [3.05, 3.63) is 99.4 Å². The van der Waals surface area contributed by atoms with Crippen molar-refractivity contribution < 1.29 is 9.68 Å². The average molecular weight is 489 g/mol. The van der Waals surface area contributed by atoms with Gasteiger partial charge in [0.15, 0.2) is 15.5 Å². The third kappa shape index (κ3) is 8.81. The highest BCUT2D eigenvalue weighted by Crippen LogP contribution is 2.20. The van der Waals surface area contributed by atoms with E-state index in [1.807, 2.05) is 62.4 Å². The second-order valence-corrected chi connectivity index (χ2v) is 7.39. The topological polar surface area (TPSA) is 81.0 Å². The van der Waals surface area contributed by atoms with E-state index in [9.17, 15) is 0 Å². The molecular weight excluding hydrogens is 469 g/mol. The summed E-state index contributed by atoms with van der Waals surface area (Å²) in [5, 5.41) is 24.2. The summed E-state index contributed by atoms with van der Waals surface area (Å²) in [6, 6.07) is 22.3. The zero-order chi connectivity index (χ0) is 23.3. The molecule has 0 fully saturated rings. The maximum atomic E-state index is 8.30. The van der Waals surface area contributed by atoms with E-state index in [-0.39, 0.29) is 0 Å². The van der Waals surface area contributed by atoms with Gasteiger partial charge >= 0.3 is 7.69 Å². The van der Waals surface area contributed by atoms with Crippen LogP contribution in [0.2, 0.25) is 15.5 Å². The Morgan fingerprint density at radius 2 is 1.16 bits per heavy atom. The van der Waals surface area contributed by atoms with Gasteiger partial charge in [0.05, 0.1) is 5.69 Å². The Bertz CT molecular complexity index is 1080. The summed E-state index contributed by atoms with van der Waals surface area (Å²) in [4.78, 5) is 0. The zero-order valence-corrected chi connectivity index (χ0v) is 19.6. The van der Waals surface area contributed by atoms with E-state index < -0.39 is 0 Å². The fraction of sp³-hybridized carbons (Fsp3) is 0.0909. The predicted octanol–water partition coefficient (Wildman–Crippen LogP) is 5.79. The Morgan fingerprint density at radius 1 is 0.656 bits per heavy atom. The Morgan fingerprint density at radius 3 is 1.62 bits per heavy atom. The normalized spacial score (nSPS) is 9.56. The first kappa shape index (κ1) is 25.6. The Kier molecular flexibility index (Phi) is 10.9. The molecule has 1 radical (unpaired) electrons. The van der Waals surface area contributed by atoms with Gasteiger partial charge in [-0.05, 0) is 55.3 Å². The molecule has 32 heavy (non-hydrogen) atoms. The van der Waals surface area contributed by atoms with Crippen molar-refractivity contribution in [1.29, 1.82) is 0 Å². The van der Waals surface area contributed by atoms with Crippen LogP contribution in [-0.4, -0.2) is 33.1 Å². The number of para-hydroxylation sites is 1. The predicted molar refractivity (Wildman–Crippen MR) is 129 cm³/mol. The number of hydrogen-bond donors (Lipinski definition) is 1. The van der Waals surface area contributed by atoms with Crippen LogP contribution in [-0.2, 0) is 0 Å². The van der Waals surface area contributed by atoms with Crippen LogP contribution in [0.3, 0.4) is 0 Å². The summed E-state index contributed by atoms with van der Waals surface area (Å²) >= 11 is 16.4. The third-order valence-electron chi connectivity index (χ3n) is 3.93. The molecule has 2 aromatic carbocycles. The first-order valence-corrected chi connectivity index (χ1v) is 10.4. The molecule has 2 aromatic heterocycles. The minimum absolute atomic E-state index is 0.356. The standard InChI is InChI=1S/C11H9ClN2.C7H8BO2.C4H2Cl2N2/c1-8-4-2-3-5-9(8)10-6-7-11(12)14-13-10;1-6-4-2-3-5-7(6)10-8-9;5-3-1-2-4(6)8-7-3/h2-7H,1H3;2-5,9H,1H3;1-2H. The lowest BCUT2D eigenvalue weighted by atomic mass is 10.1. The van der Waals surface area contributed by atoms with Gasteiger partial charge in [-0.2, -0.15) is 0 Å². The molecule has 0 atom stereocenters. The van der Waals surface area contributed by atoms with Crippen molar-refractivity contribution in [3.63, 3.8) is 0 Å². The molecular formula is C22H19BCl3N4O2. The molecule has 0 amide bonds. The Labute approximate surface area is 202 Å². The van der Waals surface area contributed by atoms with Crippen LogP contribution in [0, 0.1) is 13.8 Å². The molecule has 0 bridgehead atoms. The summed E-state index contributed by atoms with van der Waals surface area (Å²) in [5.74, 6) is 0.685. The van der Waals surface area contributed by atoms with Gasteiger partial charge < -0.3 is 9.68 Å². The SMILES string of the molecule is Cc1ccccc1-c1ccc(Cl)nn1.Cc1ccccc1O[B]O.Clc1ccc(Cl)nn1. The van der Waals surface area contributed by atoms with Gasteiger partial charge in [0.25, 0.3) is 0 Å². The number of hydrogen-bond acceptors (Lipinski definition) is 6. The summed E-state index contributed by atoms with van der Waals surface area (Å²) in [6.45, 7) is 3.96. The lowest BCUT2D eigenvalue weighted by Gasteiger charge is -2.03. The Hall–Kier alpha value is -2.71. The van der Waals surface area contributed by atoms with Crippen LogP contribution in [0.15, 0.2) is 72.8 Å². The lowest BCUT2D eigenvalue weighted by Crippen LogP contribution is -2.00. The van der Waals surface area contributed by atoms with E-state index in [0.29, 0.717) is 28.9 Å². The molecule has 4 rings (SSSR count). The number of halogens is 3. The molecule has 0 saturated carbocycles. The van der Waals surface area contributed by atoms with Crippen molar-refractivity contribution in [2.45, 2.75) is 13.8 Å². The summed E-state index contributed by atoms with van der Waals surface area (Å²) in [7, 11) is 0.683. The maximum Gasteiger partial charge on any atom is 0.569 e. The number of rotatable bonds is 3.